The highest BCUT2D eigenvalue weighted by molar-refractivity contribution is 5.86. The highest BCUT2D eigenvalue weighted by Gasteiger charge is 2.40. The van der Waals surface area contributed by atoms with E-state index in [1.165, 1.54) is 37.3 Å². The van der Waals surface area contributed by atoms with Crippen LogP contribution in [-0.2, 0) is 23.9 Å². The molecule has 2 rings (SSSR count). The number of aliphatic hydroxyl groups excluding tert-OH is 1. The fourth-order valence-electron chi connectivity index (χ4n) is 4.99. The maximum Gasteiger partial charge on any atom is 0.334 e. The van der Waals surface area contributed by atoms with Gasteiger partial charge in [0, 0.05) is 18.6 Å². The second kappa shape index (κ2) is 12.1. The largest absolute Gasteiger partial charge is 0.421 e. The maximum absolute atomic E-state index is 11.5. The van der Waals surface area contributed by atoms with E-state index in [1.54, 1.807) is 6.08 Å². The molecule has 1 aliphatic carbocycles. The van der Waals surface area contributed by atoms with Crippen LogP contribution in [-0.4, -0.2) is 35.7 Å². The van der Waals surface area contributed by atoms with E-state index >= 15 is 0 Å². The van der Waals surface area contributed by atoms with Crippen molar-refractivity contribution in [1.82, 2.24) is 0 Å². The van der Waals surface area contributed by atoms with Crippen LogP contribution in [0.3, 0.4) is 0 Å². The zero-order valence-corrected chi connectivity index (χ0v) is 20.4. The number of carbonyl (C=O) groups excluding carboxylic acids is 3. The van der Waals surface area contributed by atoms with Crippen molar-refractivity contribution >= 4 is 18.2 Å². The highest BCUT2D eigenvalue weighted by Crippen LogP contribution is 2.51. The number of hydrogen-bond acceptors (Lipinski definition) is 6. The van der Waals surface area contributed by atoms with Gasteiger partial charge in [0.05, 0.1) is 6.10 Å². The van der Waals surface area contributed by atoms with Gasteiger partial charge in [-0.15, -0.1) is 0 Å². The molecular weight excluding hydrogens is 420 g/mol. The summed E-state index contributed by atoms with van der Waals surface area (Å²) in [5.74, 6) is -0.610. The summed E-state index contributed by atoms with van der Waals surface area (Å²) in [7, 11) is 0. The number of aliphatic hydroxyl groups is 1. The molecule has 0 unspecified atom stereocenters. The second-order valence-electron chi connectivity index (χ2n) is 9.49. The lowest BCUT2D eigenvalue weighted by Crippen LogP contribution is -2.25. The van der Waals surface area contributed by atoms with Crippen molar-refractivity contribution in [3.8, 4) is 0 Å². The van der Waals surface area contributed by atoms with Crippen molar-refractivity contribution < 1.29 is 29.0 Å². The number of esters is 2. The third-order valence-electron chi connectivity index (χ3n) is 7.14. The van der Waals surface area contributed by atoms with Crippen LogP contribution in [0, 0.1) is 11.3 Å². The number of allylic oxidation sites excluding steroid dienone is 4. The molecule has 0 amide bonds. The summed E-state index contributed by atoms with van der Waals surface area (Å²) < 4.78 is 9.79. The molecule has 0 aromatic heterocycles. The van der Waals surface area contributed by atoms with Gasteiger partial charge in [-0.05, 0) is 75.7 Å². The summed E-state index contributed by atoms with van der Waals surface area (Å²) in [6, 6.07) is 0. The summed E-state index contributed by atoms with van der Waals surface area (Å²) in [5.41, 5.74) is 3.63. The Kier molecular flexibility index (Phi) is 9.84. The summed E-state index contributed by atoms with van der Waals surface area (Å²) >= 11 is 0. The van der Waals surface area contributed by atoms with Gasteiger partial charge in [0.25, 0.3) is 6.29 Å². The SMILES string of the molecule is C=C(C)[C@@]1(CC/C(C)=C/CC/C(C=O)=C\C[C@H](O)C2=CC(=O)O[C@@H]2OC(C)=O)CCC[C@H]1C. The van der Waals surface area contributed by atoms with Crippen molar-refractivity contribution in [2.75, 3.05) is 0 Å². The molecule has 0 bridgehead atoms. The van der Waals surface area contributed by atoms with Gasteiger partial charge in [-0.1, -0.05) is 43.2 Å². The molecule has 1 saturated carbocycles. The average molecular weight is 459 g/mol. The van der Waals surface area contributed by atoms with Gasteiger partial charge in [0.2, 0.25) is 0 Å². The summed E-state index contributed by atoms with van der Waals surface area (Å²) in [5, 5.41) is 10.4. The number of aldehydes is 1. The van der Waals surface area contributed by atoms with Gasteiger partial charge in [0.1, 0.15) is 6.29 Å². The molecule has 0 aromatic rings. The first-order valence-electron chi connectivity index (χ1n) is 11.8. The molecule has 2 aliphatic rings. The van der Waals surface area contributed by atoms with Crippen molar-refractivity contribution in [3.63, 3.8) is 0 Å². The minimum absolute atomic E-state index is 0.121. The van der Waals surface area contributed by atoms with Gasteiger partial charge in [-0.2, -0.15) is 0 Å². The standard InChI is InChI=1S/C27H38O6/c1-18(2)27(14-7-9-20(27)4)15-13-19(3)8-6-10-22(17-28)11-12-24(30)23-16-25(31)33-26(23)32-21(5)29/h8,11,16-17,20,24,26,30H,1,6-7,9-10,12-15H2,2-5H3/b19-8+,22-11+/t20-,24+,26+,27+/m1/s1. The van der Waals surface area contributed by atoms with Crippen molar-refractivity contribution in [2.24, 2.45) is 11.3 Å². The molecule has 1 heterocycles. The van der Waals surface area contributed by atoms with Crippen molar-refractivity contribution in [1.29, 1.82) is 0 Å². The third kappa shape index (κ3) is 7.26. The third-order valence-corrected chi connectivity index (χ3v) is 7.14. The first-order chi connectivity index (χ1) is 15.6. The second-order valence-corrected chi connectivity index (χ2v) is 9.49. The molecule has 0 aromatic carbocycles. The lowest BCUT2D eigenvalue weighted by molar-refractivity contribution is -0.173. The Hall–Kier alpha value is -2.47. The Labute approximate surface area is 197 Å². The molecule has 0 radical (unpaired) electrons. The molecular formula is C27H38O6. The Bertz CT molecular complexity index is 849. The van der Waals surface area contributed by atoms with E-state index in [9.17, 15) is 19.5 Å². The fourth-order valence-corrected chi connectivity index (χ4v) is 4.99. The van der Waals surface area contributed by atoms with E-state index < -0.39 is 24.3 Å². The predicted molar refractivity (Wildman–Crippen MR) is 127 cm³/mol. The average Bonchev–Trinajstić information content (AvgIpc) is 3.30. The smallest absolute Gasteiger partial charge is 0.334 e. The number of hydrogen-bond donors (Lipinski definition) is 1. The van der Waals surface area contributed by atoms with Gasteiger partial charge >= 0.3 is 11.9 Å². The predicted octanol–water partition coefficient (Wildman–Crippen LogP) is 5.12. The van der Waals surface area contributed by atoms with Crippen LogP contribution in [0.2, 0.25) is 0 Å². The molecule has 4 atom stereocenters. The van der Waals surface area contributed by atoms with Crippen LogP contribution < -0.4 is 0 Å². The molecule has 182 valence electrons. The summed E-state index contributed by atoms with van der Waals surface area (Å²) in [4.78, 5) is 34.1. The molecule has 1 N–H and O–H groups in total. The van der Waals surface area contributed by atoms with Crippen LogP contribution in [0.4, 0.5) is 0 Å². The van der Waals surface area contributed by atoms with Crippen LogP contribution in [0.1, 0.15) is 79.1 Å². The molecule has 33 heavy (non-hydrogen) atoms. The normalized spacial score (nSPS) is 26.6. The minimum atomic E-state index is -1.21. The van der Waals surface area contributed by atoms with E-state index in [4.69, 9.17) is 9.47 Å². The topological polar surface area (TPSA) is 89.9 Å². The number of carbonyl (C=O) groups is 3. The van der Waals surface area contributed by atoms with Crippen molar-refractivity contribution in [3.05, 3.63) is 47.1 Å². The van der Waals surface area contributed by atoms with E-state index in [-0.39, 0.29) is 17.4 Å². The zero-order valence-electron chi connectivity index (χ0n) is 20.4. The Morgan fingerprint density at radius 3 is 2.64 bits per heavy atom. The first-order valence-corrected chi connectivity index (χ1v) is 11.8. The Morgan fingerprint density at radius 1 is 1.33 bits per heavy atom. The molecule has 6 nitrogen and oxygen atoms in total. The Morgan fingerprint density at radius 2 is 2.06 bits per heavy atom. The number of rotatable bonds is 12. The molecule has 0 spiro atoms. The van der Waals surface area contributed by atoms with E-state index in [2.05, 4.69) is 33.4 Å². The van der Waals surface area contributed by atoms with Gasteiger partial charge < -0.3 is 14.6 Å². The van der Waals surface area contributed by atoms with Gasteiger partial charge in [-0.25, -0.2) is 4.79 Å². The Balaban J connectivity index is 1.87. The van der Waals surface area contributed by atoms with E-state index in [0.29, 0.717) is 17.9 Å². The molecule has 0 saturated heterocycles. The van der Waals surface area contributed by atoms with Crippen LogP contribution in [0.25, 0.3) is 0 Å². The van der Waals surface area contributed by atoms with Gasteiger partial charge in [0.15, 0.2) is 0 Å². The van der Waals surface area contributed by atoms with Gasteiger partial charge in [-0.3, -0.25) is 9.59 Å². The summed E-state index contributed by atoms with van der Waals surface area (Å²) in [6.45, 7) is 12.1. The fraction of sp³-hybridized carbons (Fsp3) is 0.593. The lowest BCUT2D eigenvalue weighted by Gasteiger charge is -2.35. The zero-order chi connectivity index (χ0) is 24.6. The molecule has 6 heteroatoms. The molecule has 1 fully saturated rings. The number of ether oxygens (including phenoxy) is 2. The number of cyclic esters (lactones) is 1. The van der Waals surface area contributed by atoms with Crippen LogP contribution in [0.15, 0.2) is 47.1 Å². The van der Waals surface area contributed by atoms with E-state index in [1.807, 2.05) is 0 Å². The van der Waals surface area contributed by atoms with E-state index in [0.717, 1.165) is 31.6 Å². The monoisotopic (exact) mass is 458 g/mol. The highest BCUT2D eigenvalue weighted by atomic mass is 16.7. The minimum Gasteiger partial charge on any atom is -0.421 e. The molecule has 1 aliphatic heterocycles. The maximum atomic E-state index is 11.5. The lowest BCUT2D eigenvalue weighted by atomic mass is 9.70. The van der Waals surface area contributed by atoms with Crippen LogP contribution in [0.5, 0.6) is 0 Å². The van der Waals surface area contributed by atoms with Crippen LogP contribution >= 0.6 is 0 Å². The van der Waals surface area contributed by atoms with Crippen molar-refractivity contribution in [2.45, 2.75) is 91.5 Å². The summed E-state index contributed by atoms with van der Waals surface area (Å²) in [6.07, 6.45) is 10.8. The first kappa shape index (κ1) is 26.8. The quantitative estimate of drug-likeness (QED) is 0.189.